The minimum atomic E-state index is -0.873. The van der Waals surface area contributed by atoms with E-state index >= 15 is 0 Å². The Bertz CT molecular complexity index is 1190. The number of carbonyl (C=O) groups excluding carboxylic acids is 2. The number of halogens is 1. The van der Waals surface area contributed by atoms with Gasteiger partial charge in [0, 0.05) is 19.2 Å². The zero-order chi connectivity index (χ0) is 27.3. The summed E-state index contributed by atoms with van der Waals surface area (Å²) in [4.78, 5) is 30.4. The van der Waals surface area contributed by atoms with E-state index in [1.807, 2.05) is 13.8 Å². The molecule has 0 saturated carbocycles. The first-order valence-corrected chi connectivity index (χ1v) is 12.3. The van der Waals surface area contributed by atoms with Crippen LogP contribution in [0.3, 0.4) is 0 Å². The fourth-order valence-electron chi connectivity index (χ4n) is 4.46. The number of nitrogens with zero attached hydrogens (tertiary/aromatic N) is 2. The summed E-state index contributed by atoms with van der Waals surface area (Å²) in [6, 6.07) is 7.23. The van der Waals surface area contributed by atoms with Crippen LogP contribution in [0.1, 0.15) is 31.0 Å². The van der Waals surface area contributed by atoms with Crippen molar-refractivity contribution in [3.8, 4) is 23.0 Å². The lowest BCUT2D eigenvalue weighted by Gasteiger charge is -2.28. The lowest BCUT2D eigenvalue weighted by molar-refractivity contribution is -0.140. The van der Waals surface area contributed by atoms with Crippen LogP contribution in [-0.2, 0) is 9.59 Å². The van der Waals surface area contributed by atoms with Crippen LogP contribution in [0.5, 0.6) is 23.0 Å². The predicted octanol–water partition coefficient (Wildman–Crippen LogP) is 4.14. The summed E-state index contributed by atoms with van der Waals surface area (Å²) >= 11 is 6.24. The van der Waals surface area contributed by atoms with Crippen molar-refractivity contribution < 1.29 is 33.6 Å². The molecule has 200 valence electrons. The molecule has 1 heterocycles. The molecular weight excluding hydrogens is 500 g/mol. The van der Waals surface area contributed by atoms with Gasteiger partial charge in [0.1, 0.15) is 17.3 Å². The van der Waals surface area contributed by atoms with Gasteiger partial charge >= 0.3 is 0 Å². The molecule has 0 radical (unpaired) electrons. The van der Waals surface area contributed by atoms with Gasteiger partial charge in [-0.1, -0.05) is 31.5 Å². The predicted molar refractivity (Wildman–Crippen MR) is 141 cm³/mol. The highest BCUT2D eigenvalue weighted by Gasteiger charge is 2.46. The van der Waals surface area contributed by atoms with Gasteiger partial charge in [-0.25, -0.2) is 0 Å². The molecule has 1 amide bonds. The number of Topliss-reactive ketones (excluding diaryl/α,β-unsaturated/α-hetero) is 1. The van der Waals surface area contributed by atoms with E-state index in [2.05, 4.69) is 4.90 Å². The summed E-state index contributed by atoms with van der Waals surface area (Å²) in [5.74, 6) is -0.460. The fourth-order valence-corrected chi connectivity index (χ4v) is 4.69. The molecule has 0 bridgehead atoms. The smallest absolute Gasteiger partial charge is 0.295 e. The third kappa shape index (κ3) is 5.47. The number of methoxy groups -OCH3 is 4. The average molecular weight is 533 g/mol. The number of aliphatic hydroxyl groups excluding tert-OH is 1. The SMILES string of the molecule is CCN(CC)CCN1C(=O)C(=O)/C(=C(/O)c2cc(OC)c(Cl)cc2OC)C1c1ccc(OC)c(OC)c1. The van der Waals surface area contributed by atoms with Gasteiger partial charge in [-0.05, 0) is 36.9 Å². The number of rotatable bonds is 11. The van der Waals surface area contributed by atoms with Crippen molar-refractivity contribution in [2.24, 2.45) is 0 Å². The monoisotopic (exact) mass is 532 g/mol. The van der Waals surface area contributed by atoms with E-state index < -0.39 is 23.5 Å². The van der Waals surface area contributed by atoms with Crippen LogP contribution in [0.15, 0.2) is 35.9 Å². The molecule has 9 nitrogen and oxygen atoms in total. The summed E-state index contributed by atoms with van der Waals surface area (Å²) in [5, 5.41) is 11.8. The van der Waals surface area contributed by atoms with Gasteiger partial charge in [0.2, 0.25) is 0 Å². The number of benzene rings is 2. The Morgan fingerprint density at radius 3 is 2.11 bits per heavy atom. The van der Waals surface area contributed by atoms with Crippen LogP contribution in [0.4, 0.5) is 0 Å². The zero-order valence-corrected chi connectivity index (χ0v) is 22.7. The molecule has 1 saturated heterocycles. The van der Waals surface area contributed by atoms with E-state index in [-0.39, 0.29) is 34.2 Å². The van der Waals surface area contributed by atoms with Crippen LogP contribution < -0.4 is 18.9 Å². The zero-order valence-electron chi connectivity index (χ0n) is 22.0. The molecule has 1 unspecified atom stereocenters. The molecule has 0 aliphatic carbocycles. The summed E-state index contributed by atoms with van der Waals surface area (Å²) in [7, 11) is 5.88. The Balaban J connectivity index is 2.25. The average Bonchev–Trinajstić information content (AvgIpc) is 3.17. The van der Waals surface area contributed by atoms with Crippen molar-refractivity contribution in [2.75, 3.05) is 54.6 Å². The van der Waals surface area contributed by atoms with Gasteiger partial charge in [0.25, 0.3) is 11.7 Å². The summed E-state index contributed by atoms with van der Waals surface area (Å²) in [6.07, 6.45) is 0. The minimum absolute atomic E-state index is 0.0700. The summed E-state index contributed by atoms with van der Waals surface area (Å²) in [5.41, 5.74) is 0.688. The largest absolute Gasteiger partial charge is 0.507 e. The van der Waals surface area contributed by atoms with Gasteiger partial charge in [0.15, 0.2) is 11.5 Å². The van der Waals surface area contributed by atoms with E-state index in [9.17, 15) is 14.7 Å². The van der Waals surface area contributed by atoms with Crippen LogP contribution in [-0.4, -0.2) is 81.2 Å². The Hall–Kier alpha value is -3.43. The van der Waals surface area contributed by atoms with E-state index in [0.717, 1.165) is 13.1 Å². The molecule has 2 aromatic rings. The molecule has 1 aliphatic rings. The van der Waals surface area contributed by atoms with E-state index in [1.165, 1.54) is 45.5 Å². The summed E-state index contributed by atoms with van der Waals surface area (Å²) < 4.78 is 21.6. The summed E-state index contributed by atoms with van der Waals surface area (Å²) in [6.45, 7) is 6.49. The standard InChI is InChI=1S/C27H33ClN2O7/c1-7-29(8-2)11-12-30-24(16-9-10-19(34-3)22(13-16)37-6)23(26(32)27(30)33)25(31)17-14-21(36-5)18(28)15-20(17)35-4/h9-10,13-15,24,31H,7-8,11-12H2,1-6H3/b25-23+. The van der Waals surface area contributed by atoms with Crippen molar-refractivity contribution in [1.29, 1.82) is 0 Å². The number of ketones is 1. The van der Waals surface area contributed by atoms with Crippen LogP contribution in [0.2, 0.25) is 5.02 Å². The van der Waals surface area contributed by atoms with Gasteiger partial charge in [0.05, 0.1) is 50.6 Å². The molecule has 0 spiro atoms. The molecule has 10 heteroatoms. The molecular formula is C27H33ClN2O7. The number of amides is 1. The molecule has 1 atom stereocenters. The van der Waals surface area contributed by atoms with Gasteiger partial charge in [-0.15, -0.1) is 0 Å². The Morgan fingerprint density at radius 2 is 1.54 bits per heavy atom. The highest BCUT2D eigenvalue weighted by atomic mass is 35.5. The maximum absolute atomic E-state index is 13.4. The van der Waals surface area contributed by atoms with Crippen LogP contribution in [0, 0.1) is 0 Å². The number of aliphatic hydroxyl groups is 1. The second kappa shape index (κ2) is 12.2. The molecule has 37 heavy (non-hydrogen) atoms. The maximum Gasteiger partial charge on any atom is 0.295 e. The third-order valence-electron chi connectivity index (χ3n) is 6.54. The van der Waals surface area contributed by atoms with Crippen LogP contribution >= 0.6 is 11.6 Å². The van der Waals surface area contributed by atoms with Crippen molar-refractivity contribution in [3.63, 3.8) is 0 Å². The van der Waals surface area contributed by atoms with Crippen molar-refractivity contribution in [1.82, 2.24) is 9.80 Å². The van der Waals surface area contributed by atoms with Gasteiger partial charge < -0.3 is 33.9 Å². The Morgan fingerprint density at radius 1 is 0.919 bits per heavy atom. The molecule has 2 aromatic carbocycles. The van der Waals surface area contributed by atoms with E-state index in [4.69, 9.17) is 30.5 Å². The van der Waals surface area contributed by atoms with Crippen molar-refractivity contribution in [3.05, 3.63) is 52.1 Å². The number of hydrogen-bond donors (Lipinski definition) is 1. The minimum Gasteiger partial charge on any atom is -0.507 e. The third-order valence-corrected chi connectivity index (χ3v) is 6.84. The molecule has 3 rings (SSSR count). The Labute approximate surface area is 222 Å². The van der Waals surface area contributed by atoms with E-state index in [1.54, 1.807) is 18.2 Å². The highest BCUT2D eigenvalue weighted by molar-refractivity contribution is 6.46. The van der Waals surface area contributed by atoms with Gasteiger partial charge in [-0.3, -0.25) is 9.59 Å². The highest BCUT2D eigenvalue weighted by Crippen LogP contribution is 2.44. The molecule has 0 aromatic heterocycles. The van der Waals surface area contributed by atoms with Crippen molar-refractivity contribution >= 4 is 29.1 Å². The number of likely N-dealkylation sites (tertiary alicyclic amines) is 1. The Kier molecular flexibility index (Phi) is 9.29. The maximum atomic E-state index is 13.4. The number of likely N-dealkylation sites (N-methyl/N-ethyl adjacent to an activating group) is 1. The molecule has 1 aliphatic heterocycles. The molecule has 1 fully saturated rings. The van der Waals surface area contributed by atoms with Crippen molar-refractivity contribution in [2.45, 2.75) is 19.9 Å². The first kappa shape index (κ1) is 28.1. The second-order valence-corrected chi connectivity index (χ2v) is 8.73. The first-order valence-electron chi connectivity index (χ1n) is 11.9. The number of carbonyl (C=O) groups is 2. The lowest BCUT2D eigenvalue weighted by atomic mass is 9.94. The second-order valence-electron chi connectivity index (χ2n) is 8.32. The normalized spacial score (nSPS) is 16.9. The number of ether oxygens (including phenoxy) is 4. The lowest BCUT2D eigenvalue weighted by Crippen LogP contribution is -2.38. The van der Waals surface area contributed by atoms with Gasteiger partial charge in [-0.2, -0.15) is 0 Å². The molecule has 1 N–H and O–H groups in total. The first-order chi connectivity index (χ1) is 17.8. The quantitative estimate of drug-likeness (QED) is 0.262. The van der Waals surface area contributed by atoms with E-state index in [0.29, 0.717) is 23.6 Å². The topological polar surface area (TPSA) is 97.8 Å². The van der Waals surface area contributed by atoms with Crippen LogP contribution in [0.25, 0.3) is 5.76 Å². The number of hydrogen-bond acceptors (Lipinski definition) is 8. The fraction of sp³-hybridized carbons (Fsp3) is 0.407.